The lowest BCUT2D eigenvalue weighted by Gasteiger charge is -2.21. The number of ether oxygens (including phenoxy) is 1. The maximum atomic E-state index is 11.8. The monoisotopic (exact) mass is 322 g/mol. The molecule has 2 atom stereocenters. The quantitative estimate of drug-likeness (QED) is 0.387. The highest BCUT2D eigenvalue weighted by Gasteiger charge is 2.26. The number of hydrogen-bond donors (Lipinski definition) is 4. The summed E-state index contributed by atoms with van der Waals surface area (Å²) in [4.78, 5) is 23.1. The fourth-order valence-corrected chi connectivity index (χ4v) is 1.97. The second-order valence-corrected chi connectivity index (χ2v) is 5.10. The molecule has 8 heteroatoms. The lowest BCUT2D eigenvalue weighted by atomic mass is 9.98. The third-order valence-corrected chi connectivity index (χ3v) is 3.29. The van der Waals surface area contributed by atoms with Gasteiger partial charge in [0, 0.05) is 0 Å². The Labute approximate surface area is 134 Å². The molecule has 0 spiro atoms. The number of hydrogen-bond acceptors (Lipinski definition) is 6. The van der Waals surface area contributed by atoms with E-state index < -0.39 is 18.1 Å². The zero-order valence-electron chi connectivity index (χ0n) is 13.0. The third-order valence-electron chi connectivity index (χ3n) is 3.29. The van der Waals surface area contributed by atoms with E-state index in [9.17, 15) is 14.7 Å². The maximum Gasteiger partial charge on any atom is 0.408 e. The van der Waals surface area contributed by atoms with Crippen LogP contribution >= 0.6 is 0 Å². The van der Waals surface area contributed by atoms with E-state index in [0.717, 1.165) is 5.56 Å². The van der Waals surface area contributed by atoms with Crippen LogP contribution in [0.3, 0.4) is 0 Å². The molecule has 0 aliphatic carbocycles. The summed E-state index contributed by atoms with van der Waals surface area (Å²) in [5.41, 5.74) is 7.47. The summed E-state index contributed by atoms with van der Waals surface area (Å²) in [6.07, 6.45) is -0.243. The summed E-state index contributed by atoms with van der Waals surface area (Å²) < 4.78 is 5.03. The molecule has 0 heterocycles. The van der Waals surface area contributed by atoms with Crippen molar-refractivity contribution in [2.45, 2.75) is 26.0 Å². The van der Waals surface area contributed by atoms with Crippen LogP contribution in [0.25, 0.3) is 0 Å². The van der Waals surface area contributed by atoms with E-state index in [2.05, 4.69) is 15.7 Å². The van der Waals surface area contributed by atoms with Crippen LogP contribution in [0.2, 0.25) is 0 Å². The average Bonchev–Trinajstić information content (AvgIpc) is 2.55. The van der Waals surface area contributed by atoms with Gasteiger partial charge in [-0.15, -0.1) is 0 Å². The molecule has 126 valence electrons. The van der Waals surface area contributed by atoms with Crippen molar-refractivity contribution in [2.75, 3.05) is 13.2 Å². The number of carbonyl (C=O) groups is 2. The van der Waals surface area contributed by atoms with Crippen molar-refractivity contribution in [3.05, 3.63) is 35.9 Å². The molecule has 0 fully saturated rings. The molecule has 0 aliphatic rings. The van der Waals surface area contributed by atoms with Gasteiger partial charge in [-0.05, 0) is 24.4 Å². The number of benzene rings is 1. The highest BCUT2D eigenvalue weighted by atomic mass is 16.5. The number of amides is 1. The van der Waals surface area contributed by atoms with Gasteiger partial charge in [0.1, 0.15) is 19.3 Å². The molecule has 0 bridgehead atoms. The summed E-state index contributed by atoms with van der Waals surface area (Å²) in [6.45, 7) is 2.51. The first-order valence-electron chi connectivity index (χ1n) is 7.28. The Morgan fingerprint density at radius 3 is 2.65 bits per heavy atom. The molecule has 0 aromatic heterocycles. The third kappa shape index (κ3) is 7.37. The molecular weight excluding hydrogens is 300 g/mol. The number of alkyl carbamates (subject to hydrolysis) is 1. The molecule has 1 aromatic rings. The Morgan fingerprint density at radius 1 is 1.35 bits per heavy atom. The minimum Gasteiger partial charge on any atom is -0.480 e. The van der Waals surface area contributed by atoms with Crippen molar-refractivity contribution in [2.24, 2.45) is 11.0 Å². The van der Waals surface area contributed by atoms with Crippen LogP contribution in [0.1, 0.15) is 18.9 Å². The van der Waals surface area contributed by atoms with Gasteiger partial charge >= 0.3 is 12.1 Å². The molecule has 4 N–H and O–H groups in total. The van der Waals surface area contributed by atoms with Crippen LogP contribution in [0.5, 0.6) is 0 Å². The predicted octanol–water partition coefficient (Wildman–Crippen LogP) is 1.97. The Bertz CT molecular complexity index is 509. The normalized spacial score (nSPS) is 12.9. The van der Waals surface area contributed by atoms with Gasteiger partial charge < -0.3 is 15.2 Å². The second-order valence-electron chi connectivity index (χ2n) is 5.10. The lowest BCUT2D eigenvalue weighted by Crippen LogP contribution is -2.46. The minimum atomic E-state index is -1.11. The van der Waals surface area contributed by atoms with E-state index in [1.54, 1.807) is 6.92 Å². The van der Waals surface area contributed by atoms with Crippen molar-refractivity contribution in [1.29, 1.82) is 5.53 Å². The molecule has 1 amide bonds. The van der Waals surface area contributed by atoms with Gasteiger partial charge in [0.25, 0.3) is 0 Å². The van der Waals surface area contributed by atoms with Crippen LogP contribution in [0.4, 0.5) is 4.79 Å². The summed E-state index contributed by atoms with van der Waals surface area (Å²) in [6, 6.07) is 8.10. The number of carboxylic acids is 1. The summed E-state index contributed by atoms with van der Waals surface area (Å²) in [5, 5.41) is 17.6. The van der Waals surface area contributed by atoms with Gasteiger partial charge in [0.2, 0.25) is 0 Å². The Hall–Kier alpha value is -2.48. The van der Waals surface area contributed by atoms with E-state index >= 15 is 0 Å². The van der Waals surface area contributed by atoms with Gasteiger partial charge in [-0.25, -0.2) is 15.1 Å². The van der Waals surface area contributed by atoms with E-state index in [1.165, 1.54) is 0 Å². The Balaban J connectivity index is 2.43. The van der Waals surface area contributed by atoms with Crippen LogP contribution in [0, 0.1) is 11.4 Å². The first-order chi connectivity index (χ1) is 11.0. The Morgan fingerprint density at radius 2 is 2.04 bits per heavy atom. The molecule has 23 heavy (non-hydrogen) atoms. The maximum absolute atomic E-state index is 11.8. The van der Waals surface area contributed by atoms with Crippen LogP contribution in [-0.4, -0.2) is 36.4 Å². The number of nitrogens with one attached hydrogen (secondary N) is 3. The van der Waals surface area contributed by atoms with Crippen LogP contribution in [-0.2, 0) is 16.1 Å². The molecular formula is C15H22N4O4. The first-order valence-corrected chi connectivity index (χ1v) is 7.28. The second kappa shape index (κ2) is 10.3. The van der Waals surface area contributed by atoms with E-state index in [0.29, 0.717) is 13.0 Å². The van der Waals surface area contributed by atoms with Gasteiger partial charge in [-0.2, -0.15) is 5.11 Å². The topological polar surface area (TPSA) is 124 Å². The molecule has 0 aliphatic heterocycles. The first kappa shape index (κ1) is 18.6. The molecule has 0 unspecified atom stereocenters. The van der Waals surface area contributed by atoms with Gasteiger partial charge in [0.15, 0.2) is 0 Å². The number of nitrogens with zero attached hydrogens (tertiary/aromatic N) is 1. The van der Waals surface area contributed by atoms with Gasteiger partial charge in [0.05, 0.1) is 0 Å². The van der Waals surface area contributed by atoms with Crippen LogP contribution in [0.15, 0.2) is 35.4 Å². The highest BCUT2D eigenvalue weighted by Crippen LogP contribution is 2.09. The predicted molar refractivity (Wildman–Crippen MR) is 83.0 cm³/mol. The number of aliphatic carboxylic acids is 1. The molecule has 0 saturated carbocycles. The van der Waals surface area contributed by atoms with Crippen molar-refractivity contribution >= 4 is 12.1 Å². The summed E-state index contributed by atoms with van der Waals surface area (Å²) >= 11 is 0. The highest BCUT2D eigenvalue weighted by molar-refractivity contribution is 5.80. The van der Waals surface area contributed by atoms with Crippen molar-refractivity contribution in [1.82, 2.24) is 10.6 Å². The fourth-order valence-electron chi connectivity index (χ4n) is 1.97. The molecule has 1 rings (SSSR count). The van der Waals surface area contributed by atoms with Gasteiger partial charge in [-0.1, -0.05) is 37.3 Å². The molecule has 0 radical (unpaired) electrons. The number of carboxylic acid groups (broad SMARTS) is 1. The SMILES string of the molecule is C[C@H](CCNCN=N)[C@H](NC(=O)OCc1ccccc1)C(=O)O. The number of rotatable bonds is 10. The van der Waals surface area contributed by atoms with E-state index in [-0.39, 0.29) is 19.2 Å². The zero-order chi connectivity index (χ0) is 17.1. The van der Waals surface area contributed by atoms with Gasteiger partial charge in [-0.3, -0.25) is 5.32 Å². The average molecular weight is 322 g/mol. The standard InChI is InChI=1S/C15H22N4O4/c1-11(7-8-17-10-18-16)13(14(20)21)19-15(22)23-9-12-5-3-2-4-6-12/h2-6,11,13,16-17H,7-10H2,1H3,(H,19,22)(H,20,21)/t11-,13+/m1/s1. The smallest absolute Gasteiger partial charge is 0.408 e. The minimum absolute atomic E-state index is 0.0833. The fraction of sp³-hybridized carbons (Fsp3) is 0.467. The van der Waals surface area contributed by atoms with Crippen molar-refractivity contribution in [3.8, 4) is 0 Å². The number of carbonyl (C=O) groups excluding carboxylic acids is 1. The zero-order valence-corrected chi connectivity index (χ0v) is 13.0. The van der Waals surface area contributed by atoms with Crippen LogP contribution < -0.4 is 10.6 Å². The lowest BCUT2D eigenvalue weighted by molar-refractivity contribution is -0.140. The largest absolute Gasteiger partial charge is 0.480 e. The summed E-state index contributed by atoms with van der Waals surface area (Å²) in [7, 11) is 0. The van der Waals surface area contributed by atoms with Crippen molar-refractivity contribution in [3.63, 3.8) is 0 Å². The Kier molecular flexibility index (Phi) is 8.30. The molecule has 0 saturated heterocycles. The van der Waals surface area contributed by atoms with E-state index in [1.807, 2.05) is 30.3 Å². The van der Waals surface area contributed by atoms with E-state index in [4.69, 9.17) is 10.3 Å². The molecule has 1 aromatic carbocycles. The summed E-state index contributed by atoms with van der Waals surface area (Å²) in [5.74, 6) is -1.41. The molecule has 8 nitrogen and oxygen atoms in total. The van der Waals surface area contributed by atoms with Crippen molar-refractivity contribution < 1.29 is 19.4 Å².